The van der Waals surface area contributed by atoms with Gasteiger partial charge < -0.3 is 15.1 Å². The number of carboxylic acid groups (broad SMARTS) is 1. The molecule has 6 rings (SSSR count). The van der Waals surface area contributed by atoms with Gasteiger partial charge in [-0.1, -0.05) is 79.9 Å². The number of aryl methyl sites for hydroxylation is 1. The van der Waals surface area contributed by atoms with Crippen LogP contribution in [0.15, 0.2) is 66.7 Å². The van der Waals surface area contributed by atoms with Crippen molar-refractivity contribution < 1.29 is 15.0 Å². The van der Waals surface area contributed by atoms with Gasteiger partial charge in [0.2, 0.25) is 0 Å². The topological polar surface area (TPSA) is 81.8 Å². The van der Waals surface area contributed by atoms with Crippen molar-refractivity contribution >= 4 is 5.97 Å². The van der Waals surface area contributed by atoms with Crippen molar-refractivity contribution in [2.75, 3.05) is 33.2 Å². The molecular weight excluding hydrogens is 536 g/mol. The lowest BCUT2D eigenvalue weighted by molar-refractivity contribution is -0.145. The molecule has 1 unspecified atom stereocenters. The minimum atomic E-state index is -0.640. The van der Waals surface area contributed by atoms with Crippen LogP contribution in [0, 0.1) is 5.92 Å². The Hall–Kier alpha value is -3.00. The molecule has 0 spiro atoms. The quantitative estimate of drug-likeness (QED) is 0.322. The van der Waals surface area contributed by atoms with E-state index in [1.807, 2.05) is 36.4 Å². The van der Waals surface area contributed by atoms with Crippen molar-refractivity contribution in [2.45, 2.75) is 88.8 Å². The van der Waals surface area contributed by atoms with Crippen molar-refractivity contribution in [3.8, 4) is 0 Å². The largest absolute Gasteiger partial charge is 0.480 e. The summed E-state index contributed by atoms with van der Waals surface area (Å²) in [7, 11) is 2.18. The van der Waals surface area contributed by atoms with Crippen LogP contribution in [-0.2, 0) is 11.3 Å². The monoisotopic (exact) mass is 586 g/mol. The van der Waals surface area contributed by atoms with Gasteiger partial charge in [-0.15, -0.1) is 0 Å². The number of rotatable bonds is 8. The number of likely N-dealkylation sites (tertiary alicyclic amines) is 2. The standard InChI is InChI=1S/C18H25N3O.C18H25NO2/c1-3-21-17(14-9-11-20(2)12-10-14)13-16(19-21)18(22)15-7-5-4-6-8-15;20-18(21)17(15-9-5-2-6-10-15)19-12-11-16(13-19)14-7-3-1-4-8-14/h4-8,13-14,18,22H,3,9-12H2,1-2H3;1,3-4,7-8,15-17H,2,5-6,9-13H2,(H,20,21)/t;16-,17-/m.1/s1. The molecule has 7 nitrogen and oxygen atoms in total. The molecule has 2 N–H and O–H groups in total. The molecule has 2 aromatic carbocycles. The van der Waals surface area contributed by atoms with Crippen LogP contribution in [-0.4, -0.2) is 75.0 Å². The Balaban J connectivity index is 0.000000171. The summed E-state index contributed by atoms with van der Waals surface area (Å²) in [6, 6.07) is 22.1. The molecule has 0 amide bonds. The molecule has 3 atom stereocenters. The minimum Gasteiger partial charge on any atom is -0.480 e. The molecule has 2 saturated heterocycles. The number of nitrogens with zero attached hydrogens (tertiary/aromatic N) is 4. The number of carbonyl (C=O) groups is 1. The summed E-state index contributed by atoms with van der Waals surface area (Å²) in [5.74, 6) is 0.790. The number of carboxylic acids is 1. The number of aliphatic carboxylic acids is 1. The second-order valence-electron chi connectivity index (χ2n) is 12.8. The molecule has 0 bridgehead atoms. The van der Waals surface area contributed by atoms with Gasteiger partial charge in [0.25, 0.3) is 0 Å². The van der Waals surface area contributed by atoms with Crippen molar-refractivity contribution in [1.29, 1.82) is 0 Å². The molecule has 7 heteroatoms. The van der Waals surface area contributed by atoms with Gasteiger partial charge in [-0.25, -0.2) is 0 Å². The maximum Gasteiger partial charge on any atom is 0.321 e. The number of benzene rings is 2. The van der Waals surface area contributed by atoms with E-state index in [0.717, 1.165) is 63.2 Å². The second-order valence-corrected chi connectivity index (χ2v) is 12.8. The zero-order valence-corrected chi connectivity index (χ0v) is 26.0. The molecule has 232 valence electrons. The Morgan fingerprint density at radius 1 is 0.884 bits per heavy atom. The fourth-order valence-corrected chi connectivity index (χ4v) is 7.42. The molecule has 0 radical (unpaired) electrons. The Morgan fingerprint density at radius 3 is 2.14 bits per heavy atom. The maximum absolute atomic E-state index is 11.8. The maximum atomic E-state index is 11.8. The average Bonchev–Trinajstić information content (AvgIpc) is 3.71. The zero-order valence-electron chi connectivity index (χ0n) is 26.0. The Morgan fingerprint density at radius 2 is 1.51 bits per heavy atom. The Kier molecular flexibility index (Phi) is 11.1. The van der Waals surface area contributed by atoms with Gasteiger partial charge in [-0.05, 0) is 94.7 Å². The summed E-state index contributed by atoms with van der Waals surface area (Å²) in [6.45, 7) is 7.06. The summed E-state index contributed by atoms with van der Waals surface area (Å²) in [5.41, 5.74) is 4.30. The van der Waals surface area contributed by atoms with Crippen molar-refractivity contribution in [2.24, 2.45) is 5.92 Å². The highest BCUT2D eigenvalue weighted by Gasteiger charge is 2.38. The van der Waals surface area contributed by atoms with Crippen LogP contribution in [0.2, 0.25) is 0 Å². The average molecular weight is 587 g/mol. The van der Waals surface area contributed by atoms with Gasteiger partial charge in [0.15, 0.2) is 0 Å². The number of piperidine rings is 1. The van der Waals surface area contributed by atoms with Crippen molar-refractivity contribution in [3.63, 3.8) is 0 Å². The van der Waals surface area contributed by atoms with E-state index < -0.39 is 12.1 Å². The predicted molar refractivity (Wildman–Crippen MR) is 171 cm³/mol. The van der Waals surface area contributed by atoms with Gasteiger partial charge in [-0.2, -0.15) is 5.10 Å². The number of hydrogen-bond donors (Lipinski definition) is 2. The molecule has 3 heterocycles. The van der Waals surface area contributed by atoms with Gasteiger partial charge in [0.1, 0.15) is 12.1 Å². The van der Waals surface area contributed by atoms with Gasteiger partial charge in [0.05, 0.1) is 5.69 Å². The smallest absolute Gasteiger partial charge is 0.321 e. The first-order valence-electron chi connectivity index (χ1n) is 16.5. The number of aliphatic hydroxyl groups excluding tert-OH is 1. The molecule has 43 heavy (non-hydrogen) atoms. The van der Waals surface area contributed by atoms with Crippen LogP contribution < -0.4 is 0 Å². The summed E-state index contributed by atoms with van der Waals surface area (Å²) in [4.78, 5) is 16.4. The molecule has 3 aromatic rings. The molecule has 1 aromatic heterocycles. The molecular formula is C36H50N4O3. The normalized spacial score (nSPS) is 22.1. The fourth-order valence-electron chi connectivity index (χ4n) is 7.42. The Labute approximate surface area is 257 Å². The summed E-state index contributed by atoms with van der Waals surface area (Å²) < 4.78 is 2.07. The van der Waals surface area contributed by atoms with Crippen molar-refractivity contribution in [3.05, 3.63) is 89.2 Å². The van der Waals surface area contributed by atoms with Crippen molar-refractivity contribution in [1.82, 2.24) is 19.6 Å². The van der Waals surface area contributed by atoms with Crippen LogP contribution in [0.4, 0.5) is 0 Å². The minimum absolute atomic E-state index is 0.265. The lowest BCUT2D eigenvalue weighted by Crippen LogP contribution is -2.45. The van der Waals surface area contributed by atoms with Crippen LogP contribution in [0.3, 0.4) is 0 Å². The first-order chi connectivity index (χ1) is 20.9. The highest BCUT2D eigenvalue weighted by Crippen LogP contribution is 2.35. The van der Waals surface area contributed by atoms with E-state index in [0.29, 0.717) is 17.8 Å². The number of hydrogen-bond acceptors (Lipinski definition) is 5. The SMILES string of the molecule is CCn1nc(C(O)c2ccccc2)cc1C1CCN(C)CC1.O=C(O)[C@@H](C1CCCCC1)N1CC[C@@H](c2ccccc2)C1. The third-order valence-electron chi connectivity index (χ3n) is 9.90. The number of aliphatic hydroxyl groups is 1. The van der Waals surface area contributed by atoms with Crippen LogP contribution in [0.1, 0.15) is 98.7 Å². The lowest BCUT2D eigenvalue weighted by Gasteiger charge is -2.33. The zero-order chi connectivity index (χ0) is 30.2. The van der Waals surface area contributed by atoms with Crippen LogP contribution in [0.25, 0.3) is 0 Å². The van der Waals surface area contributed by atoms with E-state index in [-0.39, 0.29) is 6.04 Å². The Bertz CT molecular complexity index is 1270. The molecule has 1 saturated carbocycles. The third-order valence-corrected chi connectivity index (χ3v) is 9.90. The van der Waals surface area contributed by atoms with Crippen LogP contribution >= 0.6 is 0 Å². The van der Waals surface area contributed by atoms with E-state index >= 15 is 0 Å². The number of aromatic nitrogens is 2. The predicted octanol–water partition coefficient (Wildman–Crippen LogP) is 6.30. The molecule has 2 aliphatic heterocycles. The molecule has 3 aliphatic rings. The van der Waals surface area contributed by atoms with E-state index in [9.17, 15) is 15.0 Å². The van der Waals surface area contributed by atoms with E-state index in [4.69, 9.17) is 0 Å². The second kappa shape index (κ2) is 15.1. The first-order valence-corrected chi connectivity index (χ1v) is 16.5. The van der Waals surface area contributed by atoms with Crippen LogP contribution in [0.5, 0.6) is 0 Å². The van der Waals surface area contributed by atoms with Gasteiger partial charge in [-0.3, -0.25) is 14.4 Å². The highest BCUT2D eigenvalue weighted by molar-refractivity contribution is 5.74. The summed E-state index contributed by atoms with van der Waals surface area (Å²) >= 11 is 0. The van der Waals surface area contributed by atoms with E-state index in [1.165, 1.54) is 43.4 Å². The van der Waals surface area contributed by atoms with Gasteiger partial charge >= 0.3 is 5.97 Å². The lowest BCUT2D eigenvalue weighted by atomic mass is 9.83. The first kappa shape index (κ1) is 31.4. The summed E-state index contributed by atoms with van der Waals surface area (Å²) in [5, 5.41) is 24.9. The highest BCUT2D eigenvalue weighted by atomic mass is 16.4. The van der Waals surface area contributed by atoms with E-state index in [1.54, 1.807) is 0 Å². The summed E-state index contributed by atoms with van der Waals surface area (Å²) in [6.07, 6.45) is 8.63. The fraction of sp³-hybridized carbons (Fsp3) is 0.556. The van der Waals surface area contributed by atoms with E-state index in [2.05, 4.69) is 63.9 Å². The molecule has 1 aliphatic carbocycles. The third kappa shape index (κ3) is 7.94. The van der Waals surface area contributed by atoms with Gasteiger partial charge in [0, 0.05) is 24.7 Å². The molecule has 3 fully saturated rings.